The number of ether oxygens (including phenoxy) is 1. The molecule has 0 aromatic heterocycles. The van der Waals surface area contributed by atoms with E-state index in [9.17, 15) is 4.79 Å². The summed E-state index contributed by atoms with van der Waals surface area (Å²) in [4.78, 5) is 12.4. The largest absolute Gasteiger partial charge is 0.492 e. The van der Waals surface area contributed by atoms with E-state index in [1.165, 1.54) is 24.0 Å². The van der Waals surface area contributed by atoms with Crippen LogP contribution in [-0.4, -0.2) is 26.0 Å². The van der Waals surface area contributed by atoms with Crippen molar-refractivity contribution in [2.24, 2.45) is 17.3 Å². The highest BCUT2D eigenvalue weighted by Crippen LogP contribution is 2.59. The highest BCUT2D eigenvalue weighted by atomic mass is 16.5. The van der Waals surface area contributed by atoms with Gasteiger partial charge in [0, 0.05) is 18.4 Å². The van der Waals surface area contributed by atoms with Crippen molar-refractivity contribution < 1.29 is 9.53 Å². The van der Waals surface area contributed by atoms with E-state index in [2.05, 4.69) is 30.4 Å². The molecular formula is C21H29NO2. The Morgan fingerprint density at radius 1 is 1.25 bits per heavy atom. The van der Waals surface area contributed by atoms with E-state index in [1.54, 1.807) is 0 Å². The number of aryl methyl sites for hydroxylation is 1. The molecule has 3 aliphatic carbocycles. The second-order valence-electron chi connectivity index (χ2n) is 8.15. The summed E-state index contributed by atoms with van der Waals surface area (Å²) < 4.78 is 5.84. The van der Waals surface area contributed by atoms with Crippen molar-refractivity contribution in [1.29, 1.82) is 0 Å². The lowest BCUT2D eigenvalue weighted by Gasteiger charge is -2.48. The standard InChI is InChI=1S/C21H29NO2/c1-21-10-9-17-16-6-4-15(24-12-11-22-2)13-14(16)3-5-18(17)19(21)7-8-20(21)23/h4,6,13,17-19,22H,3,5,7-12H2,1-2H3/t17?,18?,19?,21-/m0/s1. The number of ketones is 1. The first-order valence-corrected chi connectivity index (χ1v) is 9.57. The zero-order chi connectivity index (χ0) is 16.7. The van der Waals surface area contributed by atoms with Crippen molar-refractivity contribution in [1.82, 2.24) is 5.32 Å². The summed E-state index contributed by atoms with van der Waals surface area (Å²) in [6.45, 7) is 3.83. The molecule has 0 amide bonds. The molecule has 0 spiro atoms. The number of hydrogen-bond donors (Lipinski definition) is 1. The average Bonchev–Trinajstić information content (AvgIpc) is 2.90. The van der Waals surface area contributed by atoms with Gasteiger partial charge in [-0.25, -0.2) is 0 Å². The maximum absolute atomic E-state index is 12.4. The summed E-state index contributed by atoms with van der Waals surface area (Å²) in [5, 5.41) is 3.11. The molecule has 3 heteroatoms. The van der Waals surface area contributed by atoms with E-state index >= 15 is 0 Å². The lowest BCUT2D eigenvalue weighted by atomic mass is 9.55. The smallest absolute Gasteiger partial charge is 0.139 e. The molecule has 130 valence electrons. The number of nitrogens with one attached hydrogen (secondary N) is 1. The minimum Gasteiger partial charge on any atom is -0.492 e. The minimum atomic E-state index is -0.0190. The van der Waals surface area contributed by atoms with E-state index < -0.39 is 0 Å². The van der Waals surface area contributed by atoms with Gasteiger partial charge in [-0.15, -0.1) is 0 Å². The molecule has 3 unspecified atom stereocenters. The van der Waals surface area contributed by atoms with Gasteiger partial charge in [0.2, 0.25) is 0 Å². The number of benzene rings is 1. The minimum absolute atomic E-state index is 0.0190. The molecule has 4 rings (SSSR count). The maximum atomic E-state index is 12.4. The predicted octanol–water partition coefficient (Wildman–Crippen LogP) is 3.71. The van der Waals surface area contributed by atoms with Crippen LogP contribution in [0.3, 0.4) is 0 Å². The van der Waals surface area contributed by atoms with Crippen molar-refractivity contribution >= 4 is 5.78 Å². The molecule has 24 heavy (non-hydrogen) atoms. The Kier molecular flexibility index (Phi) is 4.16. The summed E-state index contributed by atoms with van der Waals surface area (Å²) in [6, 6.07) is 6.71. The number of rotatable bonds is 4. The number of Topliss-reactive ketones (excluding diaryl/α,β-unsaturated/α-hetero) is 1. The predicted molar refractivity (Wildman–Crippen MR) is 95.5 cm³/mol. The SMILES string of the molecule is CNCCOc1ccc2c(c1)CCC1C2CC[C@]2(C)C(=O)CCC12. The van der Waals surface area contributed by atoms with Crippen LogP contribution in [0.5, 0.6) is 5.75 Å². The van der Waals surface area contributed by atoms with Crippen LogP contribution in [0.4, 0.5) is 0 Å². The van der Waals surface area contributed by atoms with Gasteiger partial charge >= 0.3 is 0 Å². The quantitative estimate of drug-likeness (QED) is 0.857. The molecule has 0 radical (unpaired) electrons. The van der Waals surface area contributed by atoms with E-state index in [4.69, 9.17) is 4.74 Å². The summed E-state index contributed by atoms with van der Waals surface area (Å²) in [7, 11) is 1.95. The van der Waals surface area contributed by atoms with Crippen LogP contribution in [0, 0.1) is 17.3 Å². The van der Waals surface area contributed by atoms with Gasteiger partial charge in [-0.05, 0) is 80.2 Å². The third kappa shape index (κ3) is 2.48. The molecule has 2 saturated carbocycles. The van der Waals surface area contributed by atoms with Crippen molar-refractivity contribution in [3.63, 3.8) is 0 Å². The Hall–Kier alpha value is -1.35. The number of carbonyl (C=O) groups is 1. The van der Waals surface area contributed by atoms with Gasteiger partial charge in [-0.2, -0.15) is 0 Å². The van der Waals surface area contributed by atoms with E-state index in [-0.39, 0.29) is 5.41 Å². The number of carbonyl (C=O) groups excluding carboxylic acids is 1. The third-order valence-electron chi connectivity index (χ3n) is 7.03. The molecule has 0 aliphatic heterocycles. The van der Waals surface area contributed by atoms with Crippen LogP contribution in [0.1, 0.15) is 56.1 Å². The van der Waals surface area contributed by atoms with Gasteiger partial charge < -0.3 is 10.1 Å². The van der Waals surface area contributed by atoms with Crippen LogP contribution in [0.25, 0.3) is 0 Å². The second-order valence-corrected chi connectivity index (χ2v) is 8.15. The summed E-state index contributed by atoms with van der Waals surface area (Å²) >= 11 is 0. The molecule has 0 saturated heterocycles. The highest BCUT2D eigenvalue weighted by molar-refractivity contribution is 5.87. The Morgan fingerprint density at radius 2 is 2.12 bits per heavy atom. The Bertz CT molecular complexity index is 641. The lowest BCUT2D eigenvalue weighted by molar-refractivity contribution is -0.129. The molecule has 2 fully saturated rings. The van der Waals surface area contributed by atoms with Gasteiger partial charge in [-0.1, -0.05) is 13.0 Å². The molecule has 1 aromatic carbocycles. The monoisotopic (exact) mass is 327 g/mol. The van der Waals surface area contributed by atoms with E-state index in [0.717, 1.165) is 38.0 Å². The lowest BCUT2D eigenvalue weighted by Crippen LogP contribution is -2.42. The third-order valence-corrected chi connectivity index (χ3v) is 7.03. The van der Waals surface area contributed by atoms with Crippen molar-refractivity contribution in [2.75, 3.05) is 20.2 Å². The average molecular weight is 327 g/mol. The van der Waals surface area contributed by atoms with Crippen molar-refractivity contribution in [3.05, 3.63) is 29.3 Å². The Labute approximate surface area is 145 Å². The molecule has 0 heterocycles. The van der Waals surface area contributed by atoms with Crippen LogP contribution >= 0.6 is 0 Å². The number of likely N-dealkylation sites (N-methyl/N-ethyl adjacent to an activating group) is 1. The molecule has 1 N–H and O–H groups in total. The Morgan fingerprint density at radius 3 is 2.96 bits per heavy atom. The van der Waals surface area contributed by atoms with Crippen molar-refractivity contribution in [3.8, 4) is 5.75 Å². The Balaban J connectivity index is 1.56. The fraction of sp³-hybridized carbons (Fsp3) is 0.667. The molecule has 0 bridgehead atoms. The van der Waals surface area contributed by atoms with E-state index in [0.29, 0.717) is 30.1 Å². The fourth-order valence-corrected chi connectivity index (χ4v) is 5.69. The first kappa shape index (κ1) is 16.1. The molecular weight excluding hydrogens is 298 g/mol. The fourth-order valence-electron chi connectivity index (χ4n) is 5.69. The van der Waals surface area contributed by atoms with Crippen LogP contribution in [-0.2, 0) is 11.2 Å². The highest BCUT2D eigenvalue weighted by Gasteiger charge is 2.54. The first-order chi connectivity index (χ1) is 11.6. The van der Waals surface area contributed by atoms with Crippen LogP contribution < -0.4 is 10.1 Å². The normalized spacial score (nSPS) is 34.4. The molecule has 3 nitrogen and oxygen atoms in total. The van der Waals surface area contributed by atoms with E-state index in [1.807, 2.05) is 7.05 Å². The number of hydrogen-bond acceptors (Lipinski definition) is 3. The second kappa shape index (κ2) is 6.18. The maximum Gasteiger partial charge on any atom is 0.139 e. The summed E-state index contributed by atoms with van der Waals surface area (Å²) in [5.74, 6) is 3.51. The molecule has 3 aliphatic rings. The van der Waals surface area contributed by atoms with Gasteiger partial charge in [-0.3, -0.25) is 4.79 Å². The summed E-state index contributed by atoms with van der Waals surface area (Å²) in [6.07, 6.45) is 6.58. The van der Waals surface area contributed by atoms with Gasteiger partial charge in [0.1, 0.15) is 18.1 Å². The van der Waals surface area contributed by atoms with Gasteiger partial charge in [0.05, 0.1) is 0 Å². The zero-order valence-electron chi connectivity index (χ0n) is 14.9. The molecule has 1 aromatic rings. The van der Waals surface area contributed by atoms with Gasteiger partial charge in [0.15, 0.2) is 0 Å². The van der Waals surface area contributed by atoms with Crippen LogP contribution in [0.15, 0.2) is 18.2 Å². The van der Waals surface area contributed by atoms with Crippen LogP contribution in [0.2, 0.25) is 0 Å². The summed E-state index contributed by atoms with van der Waals surface area (Å²) in [5.41, 5.74) is 2.99. The number of fused-ring (bicyclic) bond motifs is 5. The molecule has 4 atom stereocenters. The first-order valence-electron chi connectivity index (χ1n) is 9.57. The topological polar surface area (TPSA) is 38.3 Å². The zero-order valence-corrected chi connectivity index (χ0v) is 14.9. The van der Waals surface area contributed by atoms with Crippen molar-refractivity contribution in [2.45, 2.75) is 51.4 Å². The van der Waals surface area contributed by atoms with Gasteiger partial charge in [0.25, 0.3) is 0 Å².